The Bertz CT molecular complexity index is 617. The minimum atomic E-state index is -0.883. The molecule has 2 rings (SSSR count). The summed E-state index contributed by atoms with van der Waals surface area (Å²) < 4.78 is 0. The summed E-state index contributed by atoms with van der Waals surface area (Å²) in [6, 6.07) is 10.2. The van der Waals surface area contributed by atoms with Gasteiger partial charge in [-0.3, -0.25) is 9.69 Å². The van der Waals surface area contributed by atoms with Crippen molar-refractivity contribution in [3.63, 3.8) is 0 Å². The van der Waals surface area contributed by atoms with Gasteiger partial charge in [-0.15, -0.1) is 0 Å². The summed E-state index contributed by atoms with van der Waals surface area (Å²) in [6.07, 6.45) is 4.46. The summed E-state index contributed by atoms with van der Waals surface area (Å²) in [5.41, 5.74) is 0.435. The number of carbonyl (C=O) groups is 2. The Balaban J connectivity index is 1.80. The Kier molecular flexibility index (Phi) is 8.77. The van der Waals surface area contributed by atoms with Crippen molar-refractivity contribution in [3.8, 4) is 0 Å². The molecule has 0 aliphatic carbocycles. The Labute approximate surface area is 168 Å². The SMILES string of the molecule is CCC(CC)(CNC(=O)NCC1CCCCN(Cc2ccccc2)C1)C(=O)O. The van der Waals surface area contributed by atoms with Crippen LogP contribution < -0.4 is 10.6 Å². The predicted molar refractivity (Wildman–Crippen MR) is 111 cm³/mol. The molecule has 1 saturated heterocycles. The van der Waals surface area contributed by atoms with Gasteiger partial charge in [-0.05, 0) is 43.7 Å². The molecular formula is C22H35N3O3. The van der Waals surface area contributed by atoms with Gasteiger partial charge in [0.15, 0.2) is 0 Å². The highest BCUT2D eigenvalue weighted by atomic mass is 16.4. The minimum absolute atomic E-state index is 0.159. The van der Waals surface area contributed by atoms with Crippen LogP contribution in [0.25, 0.3) is 0 Å². The van der Waals surface area contributed by atoms with E-state index in [4.69, 9.17) is 0 Å². The van der Waals surface area contributed by atoms with Crippen molar-refractivity contribution in [1.29, 1.82) is 0 Å². The van der Waals surface area contributed by atoms with Gasteiger partial charge in [0.25, 0.3) is 0 Å². The molecule has 1 aromatic rings. The molecule has 1 heterocycles. The average Bonchev–Trinajstić information content (AvgIpc) is 2.93. The van der Waals surface area contributed by atoms with E-state index in [1.807, 2.05) is 19.9 Å². The standard InChI is InChI=1S/C22H35N3O3/c1-3-22(4-2,20(26)27)17-24-21(28)23-14-19-12-8-9-13-25(16-19)15-18-10-6-5-7-11-18/h5-7,10-11,19H,3-4,8-9,12-17H2,1-2H3,(H,26,27)(H2,23,24,28). The van der Waals surface area contributed by atoms with Crippen molar-refractivity contribution in [1.82, 2.24) is 15.5 Å². The number of nitrogens with zero attached hydrogens (tertiary/aromatic N) is 1. The van der Waals surface area contributed by atoms with E-state index in [1.165, 1.54) is 18.4 Å². The summed E-state index contributed by atoms with van der Waals surface area (Å²) in [5.74, 6) is -0.434. The number of hydrogen-bond acceptors (Lipinski definition) is 3. The lowest BCUT2D eigenvalue weighted by Crippen LogP contribution is -2.47. The number of aliphatic carboxylic acids is 1. The fraction of sp³-hybridized carbons (Fsp3) is 0.636. The Hall–Kier alpha value is -2.08. The van der Waals surface area contributed by atoms with E-state index >= 15 is 0 Å². The topological polar surface area (TPSA) is 81.7 Å². The first-order valence-electron chi connectivity index (χ1n) is 10.5. The maximum absolute atomic E-state index is 12.2. The number of nitrogens with one attached hydrogen (secondary N) is 2. The van der Waals surface area contributed by atoms with Crippen LogP contribution in [0.3, 0.4) is 0 Å². The minimum Gasteiger partial charge on any atom is -0.481 e. The first-order valence-corrected chi connectivity index (χ1v) is 10.5. The molecule has 2 amide bonds. The van der Waals surface area contributed by atoms with E-state index in [2.05, 4.69) is 39.8 Å². The van der Waals surface area contributed by atoms with Crippen molar-refractivity contribution >= 4 is 12.0 Å². The lowest BCUT2D eigenvalue weighted by Gasteiger charge is -2.27. The maximum atomic E-state index is 12.2. The molecule has 1 aliphatic rings. The van der Waals surface area contributed by atoms with Gasteiger partial charge in [-0.1, -0.05) is 50.6 Å². The van der Waals surface area contributed by atoms with Gasteiger partial charge in [0.2, 0.25) is 0 Å². The lowest BCUT2D eigenvalue weighted by molar-refractivity contribution is -0.149. The van der Waals surface area contributed by atoms with Crippen molar-refractivity contribution in [2.24, 2.45) is 11.3 Å². The second-order valence-corrected chi connectivity index (χ2v) is 7.94. The normalized spacial score (nSPS) is 18.3. The zero-order chi connectivity index (χ0) is 20.4. The van der Waals surface area contributed by atoms with E-state index in [9.17, 15) is 14.7 Å². The highest BCUT2D eigenvalue weighted by molar-refractivity contribution is 5.78. The fourth-order valence-electron chi connectivity index (χ4n) is 3.90. The zero-order valence-electron chi connectivity index (χ0n) is 17.2. The third kappa shape index (κ3) is 6.51. The maximum Gasteiger partial charge on any atom is 0.314 e. The largest absolute Gasteiger partial charge is 0.481 e. The second-order valence-electron chi connectivity index (χ2n) is 7.94. The molecule has 156 valence electrons. The van der Waals surface area contributed by atoms with E-state index in [0.717, 1.165) is 26.1 Å². The first-order chi connectivity index (χ1) is 13.5. The monoisotopic (exact) mass is 389 g/mol. The van der Waals surface area contributed by atoms with Gasteiger partial charge in [-0.2, -0.15) is 0 Å². The molecule has 0 radical (unpaired) electrons. The molecule has 1 unspecified atom stereocenters. The van der Waals surface area contributed by atoms with E-state index < -0.39 is 11.4 Å². The molecule has 0 spiro atoms. The number of amides is 2. The summed E-state index contributed by atoms with van der Waals surface area (Å²) in [5, 5.41) is 15.2. The van der Waals surface area contributed by atoms with E-state index in [1.54, 1.807) is 0 Å². The quantitative estimate of drug-likeness (QED) is 0.604. The van der Waals surface area contributed by atoms with Gasteiger partial charge in [0.05, 0.1) is 5.41 Å². The van der Waals surface area contributed by atoms with Gasteiger partial charge < -0.3 is 15.7 Å². The molecule has 1 aliphatic heterocycles. The van der Waals surface area contributed by atoms with Crippen LogP contribution in [-0.4, -0.2) is 48.2 Å². The molecule has 6 nitrogen and oxygen atoms in total. The number of carboxylic acids is 1. The highest BCUT2D eigenvalue weighted by Crippen LogP contribution is 2.25. The van der Waals surface area contributed by atoms with Gasteiger partial charge in [0, 0.05) is 26.2 Å². The Morgan fingerprint density at radius 1 is 1.14 bits per heavy atom. The number of hydrogen-bond donors (Lipinski definition) is 3. The number of urea groups is 1. The first kappa shape index (κ1) is 22.2. The summed E-state index contributed by atoms with van der Waals surface area (Å²) in [4.78, 5) is 26.2. The summed E-state index contributed by atoms with van der Waals surface area (Å²) in [6.45, 7) is 7.48. The van der Waals surface area contributed by atoms with E-state index in [-0.39, 0.29) is 12.6 Å². The van der Waals surface area contributed by atoms with Crippen molar-refractivity contribution < 1.29 is 14.7 Å². The number of carboxylic acid groups (broad SMARTS) is 1. The van der Waals surface area contributed by atoms with E-state index in [0.29, 0.717) is 25.3 Å². The molecule has 1 fully saturated rings. The molecule has 0 aromatic heterocycles. The summed E-state index contributed by atoms with van der Waals surface area (Å²) in [7, 11) is 0. The molecule has 28 heavy (non-hydrogen) atoms. The van der Waals surface area contributed by atoms with Crippen LogP contribution in [0.2, 0.25) is 0 Å². The zero-order valence-corrected chi connectivity index (χ0v) is 17.2. The number of carbonyl (C=O) groups excluding carboxylic acids is 1. The number of benzene rings is 1. The molecule has 0 saturated carbocycles. The number of likely N-dealkylation sites (tertiary alicyclic amines) is 1. The smallest absolute Gasteiger partial charge is 0.314 e. The average molecular weight is 390 g/mol. The van der Waals surface area contributed by atoms with Crippen LogP contribution in [-0.2, 0) is 11.3 Å². The lowest BCUT2D eigenvalue weighted by atomic mass is 9.82. The van der Waals surface area contributed by atoms with Crippen molar-refractivity contribution in [2.75, 3.05) is 26.2 Å². The fourth-order valence-corrected chi connectivity index (χ4v) is 3.90. The van der Waals surface area contributed by atoms with Gasteiger partial charge in [0.1, 0.15) is 0 Å². The molecule has 3 N–H and O–H groups in total. The Morgan fingerprint density at radius 2 is 1.86 bits per heavy atom. The predicted octanol–water partition coefficient (Wildman–Crippen LogP) is 3.48. The molecule has 0 bridgehead atoms. The summed E-state index contributed by atoms with van der Waals surface area (Å²) >= 11 is 0. The molecule has 1 aromatic carbocycles. The van der Waals surface area contributed by atoms with Crippen LogP contribution >= 0.6 is 0 Å². The van der Waals surface area contributed by atoms with Crippen LogP contribution in [0.4, 0.5) is 4.79 Å². The second kappa shape index (κ2) is 11.1. The van der Waals surface area contributed by atoms with Gasteiger partial charge >= 0.3 is 12.0 Å². The van der Waals surface area contributed by atoms with Crippen LogP contribution in [0.5, 0.6) is 0 Å². The molecular weight excluding hydrogens is 354 g/mol. The van der Waals surface area contributed by atoms with Crippen LogP contribution in [0, 0.1) is 11.3 Å². The molecule has 1 atom stereocenters. The third-order valence-electron chi connectivity index (χ3n) is 6.05. The third-order valence-corrected chi connectivity index (χ3v) is 6.05. The van der Waals surface area contributed by atoms with Gasteiger partial charge in [-0.25, -0.2) is 4.79 Å². The Morgan fingerprint density at radius 3 is 2.50 bits per heavy atom. The number of rotatable bonds is 9. The highest BCUT2D eigenvalue weighted by Gasteiger charge is 2.35. The van der Waals surface area contributed by atoms with Crippen LogP contribution in [0.15, 0.2) is 30.3 Å². The van der Waals surface area contributed by atoms with Crippen molar-refractivity contribution in [2.45, 2.75) is 52.5 Å². The van der Waals surface area contributed by atoms with Crippen LogP contribution in [0.1, 0.15) is 51.5 Å². The molecule has 6 heteroatoms. The van der Waals surface area contributed by atoms with Crippen molar-refractivity contribution in [3.05, 3.63) is 35.9 Å².